The van der Waals surface area contributed by atoms with Crippen LogP contribution in [-0.2, 0) is 14.3 Å². The van der Waals surface area contributed by atoms with Crippen LogP contribution in [0.1, 0.15) is 11.1 Å². The summed E-state index contributed by atoms with van der Waals surface area (Å²) in [5.74, 6) is -1.65. The summed E-state index contributed by atoms with van der Waals surface area (Å²) in [4.78, 5) is 27.0. The molecule has 2 fully saturated rings. The van der Waals surface area contributed by atoms with Gasteiger partial charge in [-0.15, -0.1) is 0 Å². The van der Waals surface area contributed by atoms with Crippen LogP contribution in [0.15, 0.2) is 30.4 Å². The van der Waals surface area contributed by atoms with Crippen molar-refractivity contribution in [3.05, 3.63) is 41.5 Å². The standard InChI is InChI=1S/C17H17NO4/c1-9-3-4-10(2)11(7-9)18-15(20)13-12-5-6-17(8-19,22-12)14(13)16(18)21/h3-7,12-14,19H,8H2,1-2H3/t12-,13-,14+,17-/m1/s1. The first-order chi connectivity index (χ1) is 10.5. The van der Waals surface area contributed by atoms with Gasteiger partial charge in [0.25, 0.3) is 0 Å². The first-order valence-corrected chi connectivity index (χ1v) is 7.41. The number of fused-ring (bicyclic) bond motifs is 5. The van der Waals surface area contributed by atoms with Crippen molar-refractivity contribution in [1.82, 2.24) is 0 Å². The minimum absolute atomic E-state index is 0.228. The summed E-state index contributed by atoms with van der Waals surface area (Å²) >= 11 is 0. The van der Waals surface area contributed by atoms with Gasteiger partial charge in [-0.3, -0.25) is 9.59 Å². The summed E-state index contributed by atoms with van der Waals surface area (Å²) in [5.41, 5.74) is 1.48. The number of nitrogens with zero attached hydrogens (tertiary/aromatic N) is 1. The molecule has 1 aromatic carbocycles. The van der Waals surface area contributed by atoms with Crippen LogP contribution in [0.4, 0.5) is 5.69 Å². The van der Waals surface area contributed by atoms with Gasteiger partial charge in [-0.2, -0.15) is 0 Å². The molecule has 0 saturated carbocycles. The number of imide groups is 1. The predicted molar refractivity (Wildman–Crippen MR) is 79.2 cm³/mol. The van der Waals surface area contributed by atoms with Crippen LogP contribution in [0.3, 0.4) is 0 Å². The molecule has 3 heterocycles. The highest BCUT2D eigenvalue weighted by Crippen LogP contribution is 2.52. The van der Waals surface area contributed by atoms with Crippen molar-refractivity contribution in [3.8, 4) is 0 Å². The molecule has 3 aliphatic rings. The van der Waals surface area contributed by atoms with Gasteiger partial charge in [0.15, 0.2) is 0 Å². The molecule has 0 unspecified atom stereocenters. The zero-order chi connectivity index (χ0) is 15.6. The van der Waals surface area contributed by atoms with E-state index in [2.05, 4.69) is 0 Å². The Hall–Kier alpha value is -1.98. The first kappa shape index (κ1) is 13.7. The van der Waals surface area contributed by atoms with Crippen molar-refractivity contribution < 1.29 is 19.4 Å². The second-order valence-electron chi connectivity index (χ2n) is 6.36. The number of aliphatic hydroxyl groups excluding tert-OH is 1. The monoisotopic (exact) mass is 299 g/mol. The number of rotatable bonds is 2. The number of aliphatic hydroxyl groups is 1. The number of aryl methyl sites for hydroxylation is 2. The van der Waals surface area contributed by atoms with Gasteiger partial charge < -0.3 is 9.84 Å². The van der Waals surface area contributed by atoms with E-state index in [0.29, 0.717) is 5.69 Å². The first-order valence-electron chi connectivity index (χ1n) is 7.41. The lowest BCUT2D eigenvalue weighted by Gasteiger charge is -2.26. The highest BCUT2D eigenvalue weighted by molar-refractivity contribution is 6.23. The quantitative estimate of drug-likeness (QED) is 0.656. The van der Waals surface area contributed by atoms with Crippen molar-refractivity contribution in [2.75, 3.05) is 11.5 Å². The van der Waals surface area contributed by atoms with E-state index in [9.17, 15) is 14.7 Å². The van der Waals surface area contributed by atoms with Gasteiger partial charge in [0.05, 0.1) is 30.2 Å². The molecule has 0 aliphatic carbocycles. The number of amides is 2. The van der Waals surface area contributed by atoms with E-state index < -0.39 is 23.5 Å². The van der Waals surface area contributed by atoms with E-state index in [1.165, 1.54) is 4.90 Å². The molecule has 5 nitrogen and oxygen atoms in total. The van der Waals surface area contributed by atoms with Gasteiger partial charge in [-0.1, -0.05) is 24.3 Å². The number of anilines is 1. The Morgan fingerprint density at radius 3 is 2.77 bits per heavy atom. The molecule has 1 N–H and O–H groups in total. The van der Waals surface area contributed by atoms with E-state index in [4.69, 9.17) is 4.74 Å². The number of benzene rings is 1. The molecule has 114 valence electrons. The maximum absolute atomic E-state index is 12.9. The predicted octanol–water partition coefficient (Wildman–Crippen LogP) is 1.11. The van der Waals surface area contributed by atoms with Crippen molar-refractivity contribution in [1.29, 1.82) is 0 Å². The van der Waals surface area contributed by atoms with Gasteiger partial charge in [0, 0.05) is 0 Å². The third kappa shape index (κ3) is 1.50. The van der Waals surface area contributed by atoms with Crippen molar-refractivity contribution >= 4 is 17.5 Å². The normalized spacial score (nSPS) is 35.6. The molecule has 2 bridgehead atoms. The third-order valence-corrected chi connectivity index (χ3v) is 5.01. The third-order valence-electron chi connectivity index (χ3n) is 5.01. The minimum Gasteiger partial charge on any atom is -0.393 e. The summed E-state index contributed by atoms with van der Waals surface area (Å²) < 4.78 is 5.73. The number of ether oxygens (including phenoxy) is 1. The number of carbonyl (C=O) groups excluding carboxylic acids is 2. The average Bonchev–Trinajstić information content (AvgIpc) is 3.14. The molecule has 0 aromatic heterocycles. The van der Waals surface area contributed by atoms with Crippen molar-refractivity contribution in [3.63, 3.8) is 0 Å². The molecule has 3 aliphatic heterocycles. The van der Waals surface area contributed by atoms with E-state index in [0.717, 1.165) is 11.1 Å². The maximum Gasteiger partial charge on any atom is 0.241 e. The number of hydrogen-bond acceptors (Lipinski definition) is 4. The molecule has 2 saturated heterocycles. The molecule has 0 radical (unpaired) electrons. The van der Waals surface area contributed by atoms with Crippen LogP contribution in [0.5, 0.6) is 0 Å². The van der Waals surface area contributed by atoms with E-state index in [1.807, 2.05) is 32.0 Å². The van der Waals surface area contributed by atoms with Crippen molar-refractivity contribution in [2.45, 2.75) is 25.6 Å². The Balaban J connectivity index is 1.81. The molecular weight excluding hydrogens is 282 g/mol. The highest BCUT2D eigenvalue weighted by atomic mass is 16.5. The lowest BCUT2D eigenvalue weighted by atomic mass is 9.77. The highest BCUT2D eigenvalue weighted by Gasteiger charge is 2.67. The molecule has 4 rings (SSSR count). The Bertz CT molecular complexity index is 725. The summed E-state index contributed by atoms with van der Waals surface area (Å²) in [6.45, 7) is 3.52. The maximum atomic E-state index is 12.9. The zero-order valence-corrected chi connectivity index (χ0v) is 12.4. The van der Waals surface area contributed by atoms with Gasteiger partial charge >= 0.3 is 0 Å². The topological polar surface area (TPSA) is 66.8 Å². The summed E-state index contributed by atoms with van der Waals surface area (Å²) in [7, 11) is 0. The molecule has 5 heteroatoms. The Morgan fingerprint density at radius 1 is 1.27 bits per heavy atom. The smallest absolute Gasteiger partial charge is 0.241 e. The van der Waals surface area contributed by atoms with E-state index in [-0.39, 0.29) is 18.4 Å². The van der Waals surface area contributed by atoms with Crippen LogP contribution < -0.4 is 4.90 Å². The lowest BCUT2D eigenvalue weighted by molar-refractivity contribution is -0.128. The fourth-order valence-corrected chi connectivity index (χ4v) is 3.88. The largest absolute Gasteiger partial charge is 0.393 e. The molecule has 2 amide bonds. The minimum atomic E-state index is -1.03. The Kier molecular flexibility index (Phi) is 2.65. The van der Waals surface area contributed by atoms with Crippen LogP contribution in [-0.4, -0.2) is 35.2 Å². The number of carbonyl (C=O) groups is 2. The molecule has 1 aromatic rings. The second-order valence-corrected chi connectivity index (χ2v) is 6.36. The molecular formula is C17H17NO4. The van der Waals surface area contributed by atoms with Gasteiger partial charge in [0.2, 0.25) is 11.8 Å². The fourth-order valence-electron chi connectivity index (χ4n) is 3.88. The summed E-state index contributed by atoms with van der Waals surface area (Å²) in [5, 5.41) is 9.69. The Labute approximate surface area is 128 Å². The van der Waals surface area contributed by atoms with Gasteiger partial charge in [-0.05, 0) is 31.0 Å². The van der Waals surface area contributed by atoms with Crippen LogP contribution >= 0.6 is 0 Å². The molecule has 22 heavy (non-hydrogen) atoms. The van der Waals surface area contributed by atoms with Crippen LogP contribution in [0.2, 0.25) is 0 Å². The van der Waals surface area contributed by atoms with Gasteiger partial charge in [0.1, 0.15) is 5.60 Å². The second kappa shape index (κ2) is 4.27. The lowest BCUT2D eigenvalue weighted by Crippen LogP contribution is -2.43. The van der Waals surface area contributed by atoms with E-state index in [1.54, 1.807) is 12.2 Å². The number of hydrogen-bond donors (Lipinski definition) is 1. The zero-order valence-electron chi connectivity index (χ0n) is 12.4. The fraction of sp³-hybridized carbons (Fsp3) is 0.412. The van der Waals surface area contributed by atoms with Crippen LogP contribution in [0.25, 0.3) is 0 Å². The Morgan fingerprint density at radius 2 is 2.05 bits per heavy atom. The molecule has 4 atom stereocenters. The SMILES string of the molecule is Cc1ccc(C)c(N2C(=O)[C@H]3[C@@H](C2=O)[C@]2(CO)C=C[C@H]3O2)c1. The molecule has 0 spiro atoms. The van der Waals surface area contributed by atoms with Gasteiger partial charge in [-0.25, -0.2) is 4.90 Å². The summed E-state index contributed by atoms with van der Waals surface area (Å²) in [6.07, 6.45) is 3.11. The van der Waals surface area contributed by atoms with E-state index >= 15 is 0 Å². The average molecular weight is 299 g/mol. The van der Waals surface area contributed by atoms with Crippen molar-refractivity contribution in [2.24, 2.45) is 11.8 Å². The summed E-state index contributed by atoms with van der Waals surface area (Å²) in [6, 6.07) is 5.72. The van der Waals surface area contributed by atoms with Crippen LogP contribution in [0, 0.1) is 25.7 Å².